The van der Waals surface area contributed by atoms with Crippen molar-refractivity contribution in [1.82, 2.24) is 10.2 Å². The fraction of sp³-hybridized carbons (Fsp3) is 0.947. The lowest BCUT2D eigenvalue weighted by molar-refractivity contribution is -0.136. The molecule has 0 aromatic carbocycles. The van der Waals surface area contributed by atoms with Gasteiger partial charge in [-0.1, -0.05) is 13.8 Å². The van der Waals surface area contributed by atoms with Crippen LogP contribution in [0.25, 0.3) is 0 Å². The molecular formula is C19H34N2O. The molecule has 0 aromatic heterocycles. The smallest absolute Gasteiger partial charge is 0.223 e. The van der Waals surface area contributed by atoms with Gasteiger partial charge in [-0.25, -0.2) is 0 Å². The van der Waals surface area contributed by atoms with Crippen molar-refractivity contribution in [3.63, 3.8) is 0 Å². The maximum absolute atomic E-state index is 13.0. The van der Waals surface area contributed by atoms with Gasteiger partial charge in [0.05, 0.1) is 0 Å². The van der Waals surface area contributed by atoms with E-state index in [2.05, 4.69) is 24.1 Å². The predicted molar refractivity (Wildman–Crippen MR) is 90.7 cm³/mol. The Labute approximate surface area is 136 Å². The minimum Gasteiger partial charge on any atom is -0.337 e. The average Bonchev–Trinajstić information content (AvgIpc) is 3.35. The van der Waals surface area contributed by atoms with Crippen LogP contribution < -0.4 is 5.32 Å². The molecule has 22 heavy (non-hydrogen) atoms. The van der Waals surface area contributed by atoms with Crippen molar-refractivity contribution in [2.45, 2.75) is 83.7 Å². The highest BCUT2D eigenvalue weighted by atomic mass is 16.2. The van der Waals surface area contributed by atoms with Gasteiger partial charge in [-0.3, -0.25) is 4.79 Å². The lowest BCUT2D eigenvalue weighted by atomic mass is 9.83. The summed E-state index contributed by atoms with van der Waals surface area (Å²) in [4.78, 5) is 15.3. The molecule has 1 atom stereocenters. The fourth-order valence-corrected chi connectivity index (χ4v) is 4.54. The number of amides is 1. The molecule has 0 aromatic rings. The molecule has 0 radical (unpaired) electrons. The third-order valence-corrected chi connectivity index (χ3v) is 6.29. The van der Waals surface area contributed by atoms with Crippen molar-refractivity contribution in [3.8, 4) is 0 Å². The molecule has 3 fully saturated rings. The first-order valence-electron chi connectivity index (χ1n) is 9.67. The lowest BCUT2D eigenvalue weighted by Gasteiger charge is -2.38. The molecule has 1 N–H and O–H groups in total. The van der Waals surface area contributed by atoms with E-state index < -0.39 is 0 Å². The third kappa shape index (κ3) is 4.04. The van der Waals surface area contributed by atoms with Crippen molar-refractivity contribution in [1.29, 1.82) is 0 Å². The number of nitrogens with zero attached hydrogens (tertiary/aromatic N) is 1. The number of hydrogen-bond acceptors (Lipinski definition) is 2. The van der Waals surface area contributed by atoms with E-state index in [-0.39, 0.29) is 0 Å². The Morgan fingerprint density at radius 3 is 2.09 bits per heavy atom. The van der Waals surface area contributed by atoms with E-state index in [4.69, 9.17) is 0 Å². The average molecular weight is 306 g/mol. The van der Waals surface area contributed by atoms with Crippen LogP contribution in [0.2, 0.25) is 0 Å². The van der Waals surface area contributed by atoms with Crippen LogP contribution in [-0.4, -0.2) is 36.0 Å². The summed E-state index contributed by atoms with van der Waals surface area (Å²) in [5, 5.41) is 3.43. The second-order valence-electron chi connectivity index (χ2n) is 8.21. The van der Waals surface area contributed by atoms with Gasteiger partial charge in [0.15, 0.2) is 0 Å². The molecule has 1 amide bonds. The normalized spacial score (nSPS) is 31.7. The van der Waals surface area contributed by atoms with E-state index in [9.17, 15) is 4.79 Å². The van der Waals surface area contributed by atoms with E-state index in [1.807, 2.05) is 0 Å². The summed E-state index contributed by atoms with van der Waals surface area (Å²) in [6.07, 6.45) is 10.9. The standard InChI is InChI=1S/C19H34N2O/c1-14-3-5-17(6-4-14)21(18-7-8-18)19(22)13-15(2)16-9-11-20-12-10-16/h14-18,20H,3-13H2,1-2H3. The van der Waals surface area contributed by atoms with Crippen LogP contribution in [0.4, 0.5) is 0 Å². The van der Waals surface area contributed by atoms with Crippen LogP contribution in [0, 0.1) is 17.8 Å². The maximum atomic E-state index is 13.0. The zero-order chi connectivity index (χ0) is 15.5. The number of rotatable bonds is 5. The van der Waals surface area contributed by atoms with Crippen LogP contribution in [0.1, 0.15) is 71.6 Å². The largest absolute Gasteiger partial charge is 0.337 e. The summed E-state index contributed by atoms with van der Waals surface area (Å²) in [6, 6.07) is 1.14. The molecule has 1 unspecified atom stereocenters. The summed E-state index contributed by atoms with van der Waals surface area (Å²) in [5.41, 5.74) is 0. The first kappa shape index (κ1) is 16.3. The number of carbonyl (C=O) groups excluding carboxylic acids is 1. The van der Waals surface area contributed by atoms with Crippen molar-refractivity contribution in [2.75, 3.05) is 13.1 Å². The zero-order valence-corrected chi connectivity index (χ0v) is 14.5. The van der Waals surface area contributed by atoms with Gasteiger partial charge in [-0.15, -0.1) is 0 Å². The molecule has 3 nitrogen and oxygen atoms in total. The van der Waals surface area contributed by atoms with E-state index in [0.29, 0.717) is 23.9 Å². The summed E-state index contributed by atoms with van der Waals surface area (Å²) in [5.74, 6) is 2.63. The maximum Gasteiger partial charge on any atom is 0.223 e. The zero-order valence-electron chi connectivity index (χ0n) is 14.5. The monoisotopic (exact) mass is 306 g/mol. The van der Waals surface area contributed by atoms with E-state index in [1.165, 1.54) is 51.4 Å². The van der Waals surface area contributed by atoms with Gasteiger partial charge in [-0.05, 0) is 82.2 Å². The Kier molecular flexibility index (Phi) is 5.43. The predicted octanol–water partition coefficient (Wildman–Crippen LogP) is 3.58. The molecule has 2 aliphatic carbocycles. The molecule has 1 aliphatic heterocycles. The van der Waals surface area contributed by atoms with Gasteiger partial charge in [0, 0.05) is 18.5 Å². The molecule has 0 bridgehead atoms. The van der Waals surface area contributed by atoms with Crippen LogP contribution in [0.5, 0.6) is 0 Å². The molecule has 1 heterocycles. The van der Waals surface area contributed by atoms with Gasteiger partial charge in [0.2, 0.25) is 5.91 Å². The Morgan fingerprint density at radius 2 is 1.55 bits per heavy atom. The molecular weight excluding hydrogens is 272 g/mol. The van der Waals surface area contributed by atoms with E-state index in [0.717, 1.165) is 31.3 Å². The van der Waals surface area contributed by atoms with Gasteiger partial charge in [-0.2, -0.15) is 0 Å². The van der Waals surface area contributed by atoms with Gasteiger partial charge < -0.3 is 10.2 Å². The highest BCUT2D eigenvalue weighted by Crippen LogP contribution is 2.36. The SMILES string of the molecule is CC1CCC(N(C(=O)CC(C)C2CCNCC2)C2CC2)CC1. The van der Waals surface area contributed by atoms with Crippen LogP contribution >= 0.6 is 0 Å². The summed E-state index contributed by atoms with van der Waals surface area (Å²) in [6.45, 7) is 6.94. The Hall–Kier alpha value is -0.570. The van der Waals surface area contributed by atoms with Crippen molar-refractivity contribution in [3.05, 3.63) is 0 Å². The number of hydrogen-bond donors (Lipinski definition) is 1. The fourth-order valence-electron chi connectivity index (χ4n) is 4.54. The molecule has 0 spiro atoms. The number of carbonyl (C=O) groups is 1. The minimum atomic E-state index is 0.466. The second-order valence-corrected chi connectivity index (χ2v) is 8.21. The molecule has 1 saturated heterocycles. The van der Waals surface area contributed by atoms with Crippen molar-refractivity contribution in [2.24, 2.45) is 17.8 Å². The van der Waals surface area contributed by atoms with E-state index in [1.54, 1.807) is 0 Å². The Morgan fingerprint density at radius 1 is 1.00 bits per heavy atom. The number of piperidine rings is 1. The van der Waals surface area contributed by atoms with Gasteiger partial charge >= 0.3 is 0 Å². The van der Waals surface area contributed by atoms with Crippen molar-refractivity contribution >= 4 is 5.91 Å². The van der Waals surface area contributed by atoms with Crippen LogP contribution in [0.15, 0.2) is 0 Å². The minimum absolute atomic E-state index is 0.466. The van der Waals surface area contributed by atoms with Crippen molar-refractivity contribution < 1.29 is 4.79 Å². The summed E-state index contributed by atoms with van der Waals surface area (Å²) < 4.78 is 0. The summed E-state index contributed by atoms with van der Waals surface area (Å²) in [7, 11) is 0. The van der Waals surface area contributed by atoms with E-state index >= 15 is 0 Å². The molecule has 2 saturated carbocycles. The number of nitrogens with one attached hydrogen (secondary N) is 1. The molecule has 3 heteroatoms. The topological polar surface area (TPSA) is 32.3 Å². The summed E-state index contributed by atoms with van der Waals surface area (Å²) >= 11 is 0. The first-order valence-corrected chi connectivity index (χ1v) is 9.67. The van der Waals surface area contributed by atoms with Gasteiger partial charge in [0.25, 0.3) is 0 Å². The molecule has 3 rings (SSSR count). The second kappa shape index (κ2) is 7.33. The Bertz CT molecular complexity index is 366. The first-order chi connectivity index (χ1) is 10.6. The van der Waals surface area contributed by atoms with Crippen LogP contribution in [0.3, 0.4) is 0 Å². The van der Waals surface area contributed by atoms with Gasteiger partial charge in [0.1, 0.15) is 0 Å². The Balaban J connectivity index is 1.55. The third-order valence-electron chi connectivity index (χ3n) is 6.29. The highest BCUT2D eigenvalue weighted by Gasteiger charge is 2.39. The molecule has 3 aliphatic rings. The van der Waals surface area contributed by atoms with Crippen LogP contribution in [-0.2, 0) is 4.79 Å². The highest BCUT2D eigenvalue weighted by molar-refractivity contribution is 5.77. The molecule has 126 valence electrons. The quantitative estimate of drug-likeness (QED) is 0.842. The lowest BCUT2D eigenvalue weighted by Crippen LogP contribution is -2.44.